The topological polar surface area (TPSA) is 30.8 Å². The minimum absolute atomic E-state index is 0.143. The van der Waals surface area contributed by atoms with E-state index in [1.165, 1.54) is 31.2 Å². The highest BCUT2D eigenvalue weighted by atomic mass is 16.5. The van der Waals surface area contributed by atoms with Gasteiger partial charge in [-0.25, -0.2) is 4.99 Å². The van der Waals surface area contributed by atoms with E-state index in [0.717, 1.165) is 23.6 Å². The number of ether oxygens (including phenoxy) is 2. The van der Waals surface area contributed by atoms with Crippen LogP contribution in [0.5, 0.6) is 5.75 Å². The van der Waals surface area contributed by atoms with Gasteiger partial charge in [0.2, 0.25) is 5.90 Å². The summed E-state index contributed by atoms with van der Waals surface area (Å²) in [5, 5.41) is 0. The molecule has 0 fully saturated rings. The fourth-order valence-electron chi connectivity index (χ4n) is 2.65. The zero-order valence-corrected chi connectivity index (χ0v) is 13.7. The van der Waals surface area contributed by atoms with E-state index in [-0.39, 0.29) is 5.54 Å². The zero-order valence-electron chi connectivity index (χ0n) is 13.7. The Balaban J connectivity index is 2.25. The Labute approximate surface area is 128 Å². The van der Waals surface area contributed by atoms with Gasteiger partial charge >= 0.3 is 0 Å². The van der Waals surface area contributed by atoms with Gasteiger partial charge in [-0.3, -0.25) is 0 Å². The number of methoxy groups -OCH3 is 1. The Hall–Kier alpha value is -1.51. The van der Waals surface area contributed by atoms with E-state index in [9.17, 15) is 0 Å². The van der Waals surface area contributed by atoms with Gasteiger partial charge in [0.1, 0.15) is 12.4 Å². The number of aliphatic imine (C=N–C) groups is 1. The van der Waals surface area contributed by atoms with Crippen molar-refractivity contribution in [1.29, 1.82) is 0 Å². The van der Waals surface area contributed by atoms with Crippen LogP contribution in [-0.2, 0) is 11.2 Å². The smallest absolute Gasteiger partial charge is 0.220 e. The summed E-state index contributed by atoms with van der Waals surface area (Å²) in [5.74, 6) is 1.60. The number of rotatable bonds is 7. The zero-order chi connectivity index (χ0) is 15.3. The quantitative estimate of drug-likeness (QED) is 0.698. The highest BCUT2D eigenvalue weighted by Crippen LogP contribution is 2.29. The Morgan fingerprint density at radius 2 is 2.05 bits per heavy atom. The largest absolute Gasteiger partial charge is 0.496 e. The van der Waals surface area contributed by atoms with Gasteiger partial charge in [0, 0.05) is 0 Å². The second-order valence-corrected chi connectivity index (χ2v) is 6.32. The fraction of sp³-hybridized carbons (Fsp3) is 0.611. The second-order valence-electron chi connectivity index (χ2n) is 6.32. The third-order valence-corrected chi connectivity index (χ3v) is 3.81. The summed E-state index contributed by atoms with van der Waals surface area (Å²) in [7, 11) is 1.71. The molecule has 0 atom stereocenters. The lowest BCUT2D eigenvalue weighted by molar-refractivity contribution is 0.278. The minimum Gasteiger partial charge on any atom is -0.496 e. The van der Waals surface area contributed by atoms with E-state index in [1.807, 2.05) is 6.07 Å². The summed E-state index contributed by atoms with van der Waals surface area (Å²) in [6.45, 7) is 7.06. The first-order valence-electron chi connectivity index (χ1n) is 7.96. The molecular formula is C18H27NO2. The predicted molar refractivity (Wildman–Crippen MR) is 87.4 cm³/mol. The first kappa shape index (κ1) is 15.9. The summed E-state index contributed by atoms with van der Waals surface area (Å²) in [4.78, 5) is 4.72. The number of hydrogen-bond acceptors (Lipinski definition) is 3. The molecule has 0 amide bonds. The molecule has 0 aromatic heterocycles. The standard InChI is InChI=1S/C18H27NO2/c1-5-6-7-8-10-14-11-9-12-15(20-4)16(14)17-19-18(2,3)13-21-17/h9,11-12H,5-8,10,13H2,1-4H3. The maximum atomic E-state index is 5.83. The molecule has 3 nitrogen and oxygen atoms in total. The molecular weight excluding hydrogens is 262 g/mol. The molecule has 0 bridgehead atoms. The molecule has 21 heavy (non-hydrogen) atoms. The van der Waals surface area contributed by atoms with E-state index >= 15 is 0 Å². The van der Waals surface area contributed by atoms with Crippen LogP contribution < -0.4 is 4.74 Å². The lowest BCUT2D eigenvalue weighted by Crippen LogP contribution is -2.17. The molecule has 0 spiro atoms. The molecule has 116 valence electrons. The van der Waals surface area contributed by atoms with Crippen LogP contribution in [0.1, 0.15) is 57.6 Å². The monoisotopic (exact) mass is 289 g/mol. The predicted octanol–water partition coefficient (Wildman–Crippen LogP) is 4.37. The van der Waals surface area contributed by atoms with E-state index in [2.05, 4.69) is 32.9 Å². The molecule has 1 aromatic rings. The van der Waals surface area contributed by atoms with Crippen LogP contribution in [0.25, 0.3) is 0 Å². The van der Waals surface area contributed by atoms with Gasteiger partial charge in [-0.2, -0.15) is 0 Å². The number of nitrogens with zero attached hydrogens (tertiary/aromatic N) is 1. The summed E-state index contributed by atoms with van der Waals surface area (Å²) < 4.78 is 11.4. The van der Waals surface area contributed by atoms with Crippen molar-refractivity contribution < 1.29 is 9.47 Å². The molecule has 1 aliphatic rings. The van der Waals surface area contributed by atoms with Crippen molar-refractivity contribution in [1.82, 2.24) is 0 Å². The van der Waals surface area contributed by atoms with Crippen LogP contribution in [0.4, 0.5) is 0 Å². The molecule has 2 rings (SSSR count). The van der Waals surface area contributed by atoms with E-state index < -0.39 is 0 Å². The molecule has 0 N–H and O–H groups in total. The van der Waals surface area contributed by atoms with Crippen molar-refractivity contribution in [3.63, 3.8) is 0 Å². The average Bonchev–Trinajstić information content (AvgIpc) is 2.83. The lowest BCUT2D eigenvalue weighted by Gasteiger charge is -2.13. The van der Waals surface area contributed by atoms with E-state index in [1.54, 1.807) is 7.11 Å². The van der Waals surface area contributed by atoms with Gasteiger partial charge in [0.25, 0.3) is 0 Å². The second kappa shape index (κ2) is 6.97. The first-order valence-corrected chi connectivity index (χ1v) is 7.96. The third-order valence-electron chi connectivity index (χ3n) is 3.81. The normalized spacial score (nSPS) is 16.5. The fourth-order valence-corrected chi connectivity index (χ4v) is 2.65. The minimum atomic E-state index is -0.143. The van der Waals surface area contributed by atoms with Gasteiger partial charge < -0.3 is 9.47 Å². The summed E-state index contributed by atoms with van der Waals surface area (Å²) in [5.41, 5.74) is 2.18. The van der Waals surface area contributed by atoms with Crippen LogP contribution >= 0.6 is 0 Å². The number of benzene rings is 1. The van der Waals surface area contributed by atoms with Crippen LogP contribution in [0.2, 0.25) is 0 Å². The Kier molecular flexibility index (Phi) is 5.27. The maximum Gasteiger partial charge on any atom is 0.220 e. The highest BCUT2D eigenvalue weighted by Gasteiger charge is 2.29. The van der Waals surface area contributed by atoms with Gasteiger partial charge in [0.15, 0.2) is 0 Å². The van der Waals surface area contributed by atoms with Gasteiger partial charge in [-0.1, -0.05) is 38.3 Å². The molecule has 0 saturated carbocycles. The van der Waals surface area contributed by atoms with E-state index in [0.29, 0.717) is 6.61 Å². The van der Waals surface area contributed by atoms with Crippen LogP contribution in [-0.4, -0.2) is 25.2 Å². The third kappa shape index (κ3) is 3.99. The van der Waals surface area contributed by atoms with Crippen molar-refractivity contribution in [2.75, 3.05) is 13.7 Å². The lowest BCUT2D eigenvalue weighted by atomic mass is 9.99. The SMILES string of the molecule is CCCCCCc1cccc(OC)c1C1=NC(C)(C)CO1. The Morgan fingerprint density at radius 1 is 1.24 bits per heavy atom. The maximum absolute atomic E-state index is 5.83. The van der Waals surface area contributed by atoms with E-state index in [4.69, 9.17) is 14.5 Å². The van der Waals surface area contributed by atoms with Crippen molar-refractivity contribution in [2.24, 2.45) is 4.99 Å². The molecule has 0 aliphatic carbocycles. The van der Waals surface area contributed by atoms with Gasteiger partial charge in [-0.15, -0.1) is 0 Å². The molecule has 0 radical (unpaired) electrons. The summed E-state index contributed by atoms with van der Waals surface area (Å²) in [6, 6.07) is 6.21. The summed E-state index contributed by atoms with van der Waals surface area (Å²) in [6.07, 6.45) is 6.07. The van der Waals surface area contributed by atoms with Crippen LogP contribution in [0, 0.1) is 0 Å². The molecule has 1 aliphatic heterocycles. The van der Waals surface area contributed by atoms with Crippen LogP contribution in [0.15, 0.2) is 23.2 Å². The highest BCUT2D eigenvalue weighted by molar-refractivity contribution is 5.99. The average molecular weight is 289 g/mol. The molecule has 1 aromatic carbocycles. The number of aryl methyl sites for hydroxylation is 1. The van der Waals surface area contributed by atoms with Gasteiger partial charge in [0.05, 0.1) is 18.2 Å². The first-order chi connectivity index (χ1) is 10.1. The van der Waals surface area contributed by atoms with Gasteiger partial charge in [-0.05, 0) is 38.3 Å². The number of hydrogen-bond donors (Lipinski definition) is 0. The number of unbranched alkanes of at least 4 members (excludes halogenated alkanes) is 3. The molecule has 0 saturated heterocycles. The molecule has 0 unspecified atom stereocenters. The van der Waals surface area contributed by atoms with Crippen molar-refractivity contribution in [3.8, 4) is 5.75 Å². The molecule has 3 heteroatoms. The summed E-state index contributed by atoms with van der Waals surface area (Å²) >= 11 is 0. The van der Waals surface area contributed by atoms with Crippen molar-refractivity contribution >= 4 is 5.90 Å². The Morgan fingerprint density at radius 3 is 2.67 bits per heavy atom. The van der Waals surface area contributed by atoms with Crippen molar-refractivity contribution in [2.45, 2.75) is 58.4 Å². The van der Waals surface area contributed by atoms with Crippen LogP contribution in [0.3, 0.4) is 0 Å². The Bertz CT molecular complexity index is 506. The van der Waals surface area contributed by atoms with Crippen molar-refractivity contribution in [3.05, 3.63) is 29.3 Å². The molecule has 1 heterocycles.